The minimum atomic E-state index is -3.17. The van der Waals surface area contributed by atoms with Crippen molar-refractivity contribution in [3.8, 4) is 5.75 Å². The van der Waals surface area contributed by atoms with Gasteiger partial charge in [0, 0.05) is 18.5 Å². The molecule has 0 radical (unpaired) electrons. The van der Waals surface area contributed by atoms with Gasteiger partial charge in [-0.05, 0) is 33.8 Å². The topological polar surface area (TPSA) is 79.8 Å². The highest BCUT2D eigenvalue weighted by molar-refractivity contribution is 7.92. The Morgan fingerprint density at radius 1 is 1.32 bits per heavy atom. The maximum Gasteiger partial charge on any atom is 0.191 e. The first kappa shape index (κ1) is 19.6. The molecular weight excluding hydrogens is 338 g/mol. The van der Waals surface area contributed by atoms with Crippen LogP contribution < -0.4 is 15.4 Å². The molecule has 1 atom stereocenters. The van der Waals surface area contributed by atoms with Crippen molar-refractivity contribution in [1.29, 1.82) is 0 Å². The number of para-hydroxylation sites is 1. The standard InChI is InChI=1S/C18H29N3O3S/c1-5-19-17(20-11-13-25(22,23)18(2,3)4)21-15-10-12-24-16-9-7-6-8-14(15)16/h6-9,15H,5,10-13H2,1-4H3,(H2,19,20,21). The van der Waals surface area contributed by atoms with Gasteiger partial charge in [-0.1, -0.05) is 18.2 Å². The molecule has 1 aliphatic rings. The molecule has 2 rings (SSSR count). The van der Waals surface area contributed by atoms with Gasteiger partial charge in [-0.15, -0.1) is 0 Å². The molecule has 0 spiro atoms. The monoisotopic (exact) mass is 367 g/mol. The lowest BCUT2D eigenvalue weighted by atomic mass is 10.0. The van der Waals surface area contributed by atoms with Crippen LogP contribution in [0.15, 0.2) is 29.3 Å². The zero-order valence-corrected chi connectivity index (χ0v) is 16.3. The molecule has 25 heavy (non-hydrogen) atoms. The van der Waals surface area contributed by atoms with E-state index in [4.69, 9.17) is 4.74 Å². The number of ether oxygens (including phenoxy) is 1. The van der Waals surface area contributed by atoms with Crippen molar-refractivity contribution in [2.24, 2.45) is 4.99 Å². The molecule has 140 valence electrons. The van der Waals surface area contributed by atoms with Crippen LogP contribution in [0.3, 0.4) is 0 Å². The number of sulfone groups is 1. The van der Waals surface area contributed by atoms with Gasteiger partial charge in [0.25, 0.3) is 0 Å². The zero-order chi connectivity index (χ0) is 18.5. The van der Waals surface area contributed by atoms with Gasteiger partial charge in [-0.25, -0.2) is 8.42 Å². The Hall–Kier alpha value is -1.76. The van der Waals surface area contributed by atoms with Crippen LogP contribution in [0.4, 0.5) is 0 Å². The van der Waals surface area contributed by atoms with Gasteiger partial charge >= 0.3 is 0 Å². The number of nitrogens with zero attached hydrogens (tertiary/aromatic N) is 1. The predicted octanol–water partition coefficient (Wildman–Crippen LogP) is 2.28. The molecule has 0 aromatic heterocycles. The molecule has 2 N–H and O–H groups in total. The maximum atomic E-state index is 12.2. The van der Waals surface area contributed by atoms with Crippen molar-refractivity contribution in [1.82, 2.24) is 10.6 Å². The number of fused-ring (bicyclic) bond motifs is 1. The van der Waals surface area contributed by atoms with Crippen LogP contribution in [-0.2, 0) is 9.84 Å². The minimum absolute atomic E-state index is 0.0391. The van der Waals surface area contributed by atoms with E-state index in [1.165, 1.54) is 0 Å². The lowest BCUT2D eigenvalue weighted by Crippen LogP contribution is -2.41. The molecule has 0 saturated heterocycles. The van der Waals surface area contributed by atoms with Crippen molar-refractivity contribution < 1.29 is 13.2 Å². The molecule has 1 aromatic carbocycles. The summed E-state index contributed by atoms with van der Waals surface area (Å²) in [5.41, 5.74) is 1.10. The van der Waals surface area contributed by atoms with Gasteiger partial charge in [-0.3, -0.25) is 4.99 Å². The van der Waals surface area contributed by atoms with E-state index < -0.39 is 14.6 Å². The van der Waals surface area contributed by atoms with Gasteiger partial charge in [-0.2, -0.15) is 0 Å². The second-order valence-electron chi connectivity index (χ2n) is 7.06. The molecular formula is C18H29N3O3S. The fourth-order valence-electron chi connectivity index (χ4n) is 2.56. The molecule has 7 heteroatoms. The summed E-state index contributed by atoms with van der Waals surface area (Å²) < 4.78 is 29.4. The Bertz CT molecular complexity index is 709. The van der Waals surface area contributed by atoms with Crippen LogP contribution in [0, 0.1) is 0 Å². The molecule has 0 bridgehead atoms. The number of hydrogen-bond acceptors (Lipinski definition) is 4. The average Bonchev–Trinajstić information content (AvgIpc) is 2.54. The fraction of sp³-hybridized carbons (Fsp3) is 0.611. The van der Waals surface area contributed by atoms with E-state index in [1.807, 2.05) is 31.2 Å². The van der Waals surface area contributed by atoms with E-state index in [2.05, 4.69) is 15.6 Å². The second-order valence-corrected chi connectivity index (χ2v) is 9.93. The largest absolute Gasteiger partial charge is 0.493 e. The van der Waals surface area contributed by atoms with Crippen molar-refractivity contribution in [3.63, 3.8) is 0 Å². The van der Waals surface area contributed by atoms with E-state index in [9.17, 15) is 8.42 Å². The van der Waals surface area contributed by atoms with Crippen molar-refractivity contribution in [3.05, 3.63) is 29.8 Å². The first-order chi connectivity index (χ1) is 11.7. The smallest absolute Gasteiger partial charge is 0.191 e. The van der Waals surface area contributed by atoms with Crippen LogP contribution in [0.1, 0.15) is 45.7 Å². The molecule has 0 aliphatic carbocycles. The number of aliphatic imine (C=N–C) groups is 1. The summed E-state index contributed by atoms with van der Waals surface area (Å²) in [5, 5.41) is 6.59. The molecule has 1 heterocycles. The third-order valence-electron chi connectivity index (χ3n) is 4.18. The van der Waals surface area contributed by atoms with Crippen LogP contribution in [0.2, 0.25) is 0 Å². The van der Waals surface area contributed by atoms with E-state index in [0.29, 0.717) is 19.1 Å². The summed E-state index contributed by atoms with van der Waals surface area (Å²) >= 11 is 0. The number of benzene rings is 1. The van der Waals surface area contributed by atoms with Gasteiger partial charge in [0.15, 0.2) is 15.8 Å². The molecule has 0 amide bonds. The van der Waals surface area contributed by atoms with Crippen molar-refractivity contribution in [2.45, 2.75) is 44.9 Å². The van der Waals surface area contributed by atoms with E-state index in [1.54, 1.807) is 20.8 Å². The van der Waals surface area contributed by atoms with Gasteiger partial charge < -0.3 is 15.4 Å². The second kappa shape index (κ2) is 8.08. The fourth-order valence-corrected chi connectivity index (χ4v) is 3.50. The normalized spacial score (nSPS) is 18.2. The SMILES string of the molecule is CCNC(=NCCS(=O)(=O)C(C)(C)C)NC1CCOc2ccccc21. The number of nitrogens with one attached hydrogen (secondary N) is 2. The van der Waals surface area contributed by atoms with Gasteiger partial charge in [0.1, 0.15) is 5.75 Å². The van der Waals surface area contributed by atoms with Gasteiger partial charge in [0.2, 0.25) is 0 Å². The number of hydrogen-bond donors (Lipinski definition) is 2. The number of guanidine groups is 1. The molecule has 0 saturated carbocycles. The Balaban J connectivity index is 2.07. The van der Waals surface area contributed by atoms with Crippen LogP contribution in [0.25, 0.3) is 0 Å². The highest BCUT2D eigenvalue weighted by Crippen LogP contribution is 2.31. The average molecular weight is 368 g/mol. The number of rotatable bonds is 5. The molecule has 0 fully saturated rings. The lowest BCUT2D eigenvalue weighted by molar-refractivity contribution is 0.261. The molecule has 1 aliphatic heterocycles. The minimum Gasteiger partial charge on any atom is -0.493 e. The summed E-state index contributed by atoms with van der Waals surface area (Å²) in [5.74, 6) is 1.56. The lowest BCUT2D eigenvalue weighted by Gasteiger charge is -2.28. The Morgan fingerprint density at radius 3 is 2.72 bits per heavy atom. The van der Waals surface area contributed by atoms with Crippen molar-refractivity contribution in [2.75, 3.05) is 25.4 Å². The quantitative estimate of drug-likeness (QED) is 0.616. The first-order valence-electron chi connectivity index (χ1n) is 8.73. The third-order valence-corrected chi connectivity index (χ3v) is 6.76. The Kier molecular flexibility index (Phi) is 6.32. The molecule has 6 nitrogen and oxygen atoms in total. The van der Waals surface area contributed by atoms with E-state index in [0.717, 1.165) is 17.7 Å². The molecule has 1 unspecified atom stereocenters. The Labute approximate surface area is 151 Å². The summed E-state index contributed by atoms with van der Waals surface area (Å²) in [6, 6.07) is 8.05. The Morgan fingerprint density at radius 2 is 2.04 bits per heavy atom. The van der Waals surface area contributed by atoms with Crippen LogP contribution >= 0.6 is 0 Å². The van der Waals surface area contributed by atoms with E-state index >= 15 is 0 Å². The van der Waals surface area contributed by atoms with E-state index in [-0.39, 0.29) is 18.3 Å². The van der Waals surface area contributed by atoms with Crippen LogP contribution in [0.5, 0.6) is 5.75 Å². The first-order valence-corrected chi connectivity index (χ1v) is 10.4. The highest BCUT2D eigenvalue weighted by atomic mass is 32.2. The maximum absolute atomic E-state index is 12.2. The third kappa shape index (κ3) is 5.11. The summed E-state index contributed by atoms with van der Waals surface area (Å²) in [6.07, 6.45) is 0.835. The predicted molar refractivity (Wildman–Crippen MR) is 102 cm³/mol. The van der Waals surface area contributed by atoms with Gasteiger partial charge in [0.05, 0.1) is 29.7 Å². The van der Waals surface area contributed by atoms with Crippen LogP contribution in [-0.4, -0.2) is 44.6 Å². The summed E-state index contributed by atoms with van der Waals surface area (Å²) in [7, 11) is -3.17. The zero-order valence-electron chi connectivity index (χ0n) is 15.5. The van der Waals surface area contributed by atoms with Crippen molar-refractivity contribution >= 4 is 15.8 Å². The summed E-state index contributed by atoms with van der Waals surface area (Å²) in [6.45, 7) is 8.73. The molecule has 1 aromatic rings. The summed E-state index contributed by atoms with van der Waals surface area (Å²) in [4.78, 5) is 4.45. The highest BCUT2D eigenvalue weighted by Gasteiger charge is 2.28.